The van der Waals surface area contributed by atoms with Crippen LogP contribution < -0.4 is 0 Å². The standard InChI is InChI=1S/C12H26N2O2S/c1-3-4-5-6-8-13-9-7-10-14(12-11-13)17(2,15)16/h3-12H2,1-2H3. The molecule has 0 aromatic carbocycles. The molecule has 0 N–H and O–H groups in total. The molecule has 1 fully saturated rings. The number of nitrogens with zero attached hydrogens (tertiary/aromatic N) is 2. The minimum Gasteiger partial charge on any atom is -0.302 e. The van der Waals surface area contributed by atoms with Gasteiger partial charge in [0, 0.05) is 19.6 Å². The highest BCUT2D eigenvalue weighted by molar-refractivity contribution is 7.88. The van der Waals surface area contributed by atoms with Gasteiger partial charge in [0.15, 0.2) is 0 Å². The Hall–Kier alpha value is -0.130. The predicted octanol–water partition coefficient (Wildman–Crippen LogP) is 1.53. The fourth-order valence-electron chi connectivity index (χ4n) is 2.26. The third-order valence-electron chi connectivity index (χ3n) is 3.34. The molecule has 0 aliphatic carbocycles. The second kappa shape index (κ2) is 7.34. The Kier molecular flexibility index (Phi) is 6.44. The number of hydrogen-bond donors (Lipinski definition) is 0. The molecule has 0 radical (unpaired) electrons. The molecule has 0 saturated carbocycles. The fraction of sp³-hybridized carbons (Fsp3) is 1.00. The molecule has 0 unspecified atom stereocenters. The predicted molar refractivity (Wildman–Crippen MR) is 71.6 cm³/mol. The molecule has 0 amide bonds. The summed E-state index contributed by atoms with van der Waals surface area (Å²) in [4.78, 5) is 2.40. The highest BCUT2D eigenvalue weighted by atomic mass is 32.2. The molecule has 1 saturated heterocycles. The number of unbranched alkanes of at least 4 members (excludes halogenated alkanes) is 3. The summed E-state index contributed by atoms with van der Waals surface area (Å²) in [6.45, 7) is 6.61. The first-order valence-corrected chi connectivity index (χ1v) is 8.56. The van der Waals surface area contributed by atoms with Gasteiger partial charge < -0.3 is 4.90 Å². The highest BCUT2D eigenvalue weighted by Gasteiger charge is 2.20. The van der Waals surface area contributed by atoms with Crippen molar-refractivity contribution in [2.75, 3.05) is 39.0 Å². The normalized spacial score (nSPS) is 20.4. The number of rotatable bonds is 6. The lowest BCUT2D eigenvalue weighted by Gasteiger charge is -2.20. The zero-order valence-electron chi connectivity index (χ0n) is 11.2. The van der Waals surface area contributed by atoms with Crippen LogP contribution in [0, 0.1) is 0 Å². The van der Waals surface area contributed by atoms with Gasteiger partial charge in [-0.1, -0.05) is 26.2 Å². The van der Waals surface area contributed by atoms with Crippen LogP contribution in [0.3, 0.4) is 0 Å². The average molecular weight is 262 g/mol. The fourth-order valence-corrected chi connectivity index (χ4v) is 3.14. The first-order valence-electron chi connectivity index (χ1n) is 6.71. The summed E-state index contributed by atoms with van der Waals surface area (Å²) >= 11 is 0. The summed E-state index contributed by atoms with van der Waals surface area (Å²) in [5.41, 5.74) is 0. The molecule has 0 aromatic heterocycles. The topological polar surface area (TPSA) is 40.6 Å². The third kappa shape index (κ3) is 5.84. The second-order valence-corrected chi connectivity index (χ2v) is 6.90. The summed E-state index contributed by atoms with van der Waals surface area (Å²) in [6.07, 6.45) is 7.38. The van der Waals surface area contributed by atoms with Crippen LogP contribution in [-0.4, -0.2) is 56.6 Å². The van der Waals surface area contributed by atoms with Crippen LogP contribution in [0.4, 0.5) is 0 Å². The minimum absolute atomic E-state index is 0.659. The van der Waals surface area contributed by atoms with Crippen LogP contribution in [0.5, 0.6) is 0 Å². The number of hydrogen-bond acceptors (Lipinski definition) is 3. The van der Waals surface area contributed by atoms with Crippen LogP contribution in [-0.2, 0) is 10.0 Å². The van der Waals surface area contributed by atoms with Crippen molar-refractivity contribution in [1.82, 2.24) is 9.21 Å². The summed E-state index contributed by atoms with van der Waals surface area (Å²) in [5, 5.41) is 0. The van der Waals surface area contributed by atoms with Gasteiger partial charge in [-0.15, -0.1) is 0 Å². The minimum atomic E-state index is -3.00. The van der Waals surface area contributed by atoms with Gasteiger partial charge in [-0.25, -0.2) is 12.7 Å². The lowest BCUT2D eigenvalue weighted by atomic mass is 10.2. The lowest BCUT2D eigenvalue weighted by Crippen LogP contribution is -2.34. The molecular formula is C12H26N2O2S. The maximum Gasteiger partial charge on any atom is 0.211 e. The van der Waals surface area contributed by atoms with Crippen LogP contribution in [0.1, 0.15) is 39.0 Å². The van der Waals surface area contributed by atoms with Crippen molar-refractivity contribution in [2.24, 2.45) is 0 Å². The molecule has 5 heteroatoms. The first kappa shape index (κ1) is 14.9. The Morgan fingerprint density at radius 3 is 2.41 bits per heavy atom. The molecule has 1 aliphatic rings. The Labute approximate surface area is 106 Å². The van der Waals surface area contributed by atoms with Gasteiger partial charge >= 0.3 is 0 Å². The maximum atomic E-state index is 11.5. The van der Waals surface area contributed by atoms with Crippen molar-refractivity contribution in [1.29, 1.82) is 0 Å². The smallest absolute Gasteiger partial charge is 0.211 e. The van der Waals surface area contributed by atoms with Crippen molar-refractivity contribution in [3.63, 3.8) is 0 Å². The summed E-state index contributed by atoms with van der Waals surface area (Å²) in [5.74, 6) is 0. The Morgan fingerprint density at radius 1 is 1.00 bits per heavy atom. The van der Waals surface area contributed by atoms with E-state index in [4.69, 9.17) is 0 Å². The first-order chi connectivity index (χ1) is 8.04. The van der Waals surface area contributed by atoms with Crippen molar-refractivity contribution < 1.29 is 8.42 Å². The van der Waals surface area contributed by atoms with E-state index in [1.807, 2.05) is 0 Å². The molecule has 17 heavy (non-hydrogen) atoms. The molecule has 1 aliphatic heterocycles. The van der Waals surface area contributed by atoms with Crippen LogP contribution in [0.25, 0.3) is 0 Å². The van der Waals surface area contributed by atoms with Crippen molar-refractivity contribution >= 4 is 10.0 Å². The van der Waals surface area contributed by atoms with Gasteiger partial charge in [0.25, 0.3) is 0 Å². The molecule has 1 heterocycles. The molecule has 4 nitrogen and oxygen atoms in total. The highest BCUT2D eigenvalue weighted by Crippen LogP contribution is 2.08. The summed E-state index contributed by atoms with van der Waals surface area (Å²) in [7, 11) is -3.00. The Morgan fingerprint density at radius 2 is 1.76 bits per heavy atom. The van der Waals surface area contributed by atoms with E-state index in [0.29, 0.717) is 13.1 Å². The maximum absolute atomic E-state index is 11.5. The van der Waals surface area contributed by atoms with E-state index in [0.717, 1.165) is 26.1 Å². The average Bonchev–Trinajstić information content (AvgIpc) is 2.49. The van der Waals surface area contributed by atoms with E-state index in [-0.39, 0.29) is 0 Å². The van der Waals surface area contributed by atoms with Gasteiger partial charge in [0.1, 0.15) is 0 Å². The summed E-state index contributed by atoms with van der Waals surface area (Å²) < 4.78 is 24.5. The zero-order valence-corrected chi connectivity index (χ0v) is 12.0. The third-order valence-corrected chi connectivity index (χ3v) is 4.65. The van der Waals surface area contributed by atoms with Crippen LogP contribution >= 0.6 is 0 Å². The molecule has 102 valence electrons. The van der Waals surface area contributed by atoms with Crippen molar-refractivity contribution in [2.45, 2.75) is 39.0 Å². The van der Waals surface area contributed by atoms with Gasteiger partial charge in [0.2, 0.25) is 10.0 Å². The van der Waals surface area contributed by atoms with Crippen molar-refractivity contribution in [3.8, 4) is 0 Å². The van der Waals surface area contributed by atoms with Gasteiger partial charge in [0.05, 0.1) is 6.26 Å². The van der Waals surface area contributed by atoms with Gasteiger partial charge in [-0.05, 0) is 25.9 Å². The van der Waals surface area contributed by atoms with E-state index >= 15 is 0 Å². The Balaban J connectivity index is 2.28. The van der Waals surface area contributed by atoms with E-state index in [2.05, 4.69) is 11.8 Å². The molecular weight excluding hydrogens is 236 g/mol. The quantitative estimate of drug-likeness (QED) is 0.682. The van der Waals surface area contributed by atoms with E-state index in [9.17, 15) is 8.42 Å². The van der Waals surface area contributed by atoms with E-state index in [1.54, 1.807) is 4.31 Å². The van der Waals surface area contributed by atoms with Gasteiger partial charge in [-0.2, -0.15) is 0 Å². The molecule has 0 spiro atoms. The molecule has 0 atom stereocenters. The van der Waals surface area contributed by atoms with Crippen LogP contribution in [0.2, 0.25) is 0 Å². The van der Waals surface area contributed by atoms with Crippen LogP contribution in [0.15, 0.2) is 0 Å². The number of sulfonamides is 1. The molecule has 1 rings (SSSR count). The second-order valence-electron chi connectivity index (χ2n) is 4.92. The Bertz CT molecular complexity index is 304. The molecule has 0 bridgehead atoms. The van der Waals surface area contributed by atoms with E-state index in [1.165, 1.54) is 31.9 Å². The van der Waals surface area contributed by atoms with Gasteiger partial charge in [-0.3, -0.25) is 0 Å². The largest absolute Gasteiger partial charge is 0.302 e. The van der Waals surface area contributed by atoms with Crippen molar-refractivity contribution in [3.05, 3.63) is 0 Å². The SMILES string of the molecule is CCCCCCN1CCCN(S(C)(=O)=O)CC1. The monoisotopic (exact) mass is 262 g/mol. The summed E-state index contributed by atoms with van der Waals surface area (Å²) in [6, 6.07) is 0. The zero-order chi connectivity index (χ0) is 12.7. The lowest BCUT2D eigenvalue weighted by molar-refractivity contribution is 0.279. The van der Waals surface area contributed by atoms with E-state index < -0.39 is 10.0 Å². The molecule has 0 aromatic rings.